The van der Waals surface area contributed by atoms with Crippen molar-refractivity contribution in [1.82, 2.24) is 0 Å². The molecule has 0 unspecified atom stereocenters. The van der Waals surface area contributed by atoms with Crippen molar-refractivity contribution < 1.29 is 0 Å². The van der Waals surface area contributed by atoms with Gasteiger partial charge in [0.1, 0.15) is 0 Å². The van der Waals surface area contributed by atoms with Gasteiger partial charge in [0.25, 0.3) is 0 Å². The van der Waals surface area contributed by atoms with Crippen LogP contribution >= 0.6 is 0 Å². The molecule has 0 saturated carbocycles. The van der Waals surface area contributed by atoms with Crippen LogP contribution in [-0.2, 0) is 12.8 Å². The van der Waals surface area contributed by atoms with E-state index in [2.05, 4.69) is 17.0 Å². The molecule has 0 spiro atoms. The van der Waals surface area contributed by atoms with Gasteiger partial charge in [0.05, 0.1) is 0 Å². The monoisotopic (exact) mass is 143 g/mol. The Bertz CT molecular complexity index is 284. The molecular weight excluding hydrogens is 134 g/mol. The van der Waals surface area contributed by atoms with Gasteiger partial charge in [0.15, 0.2) is 0 Å². The van der Waals surface area contributed by atoms with E-state index < -0.39 is 0 Å². The number of nitrogens with zero attached hydrogens (tertiary/aromatic N) is 1. The zero-order valence-electron chi connectivity index (χ0n) is 6.25. The standard InChI is InChI=1S/C10H9N/c1-11-10-6-8-4-2-3-5-9(8)7-10/h2-5,10H,6-7H2. The molecule has 54 valence electrons. The Morgan fingerprint density at radius 1 is 1.18 bits per heavy atom. The van der Waals surface area contributed by atoms with Crippen molar-refractivity contribution in [3.63, 3.8) is 0 Å². The van der Waals surface area contributed by atoms with Crippen LogP contribution in [0.4, 0.5) is 0 Å². The summed E-state index contributed by atoms with van der Waals surface area (Å²) in [6.45, 7) is 6.90. The molecule has 1 heteroatoms. The van der Waals surface area contributed by atoms with E-state index in [1.165, 1.54) is 11.1 Å². The first-order valence-corrected chi connectivity index (χ1v) is 3.83. The van der Waals surface area contributed by atoms with Gasteiger partial charge in [0, 0.05) is 12.8 Å². The summed E-state index contributed by atoms with van der Waals surface area (Å²) in [5.74, 6) is 0. The summed E-state index contributed by atoms with van der Waals surface area (Å²) >= 11 is 0. The molecule has 1 aliphatic carbocycles. The van der Waals surface area contributed by atoms with Crippen LogP contribution in [0.1, 0.15) is 11.1 Å². The van der Waals surface area contributed by atoms with E-state index in [1.54, 1.807) is 0 Å². The van der Waals surface area contributed by atoms with Crippen LogP contribution in [0.3, 0.4) is 0 Å². The smallest absolute Gasteiger partial charge is 0.231 e. The van der Waals surface area contributed by atoms with Crippen molar-refractivity contribution in [2.75, 3.05) is 0 Å². The minimum atomic E-state index is 0.215. The minimum Gasteiger partial charge on any atom is -0.313 e. The molecule has 11 heavy (non-hydrogen) atoms. The third-order valence-electron chi connectivity index (χ3n) is 2.21. The van der Waals surface area contributed by atoms with Crippen molar-refractivity contribution in [1.29, 1.82) is 0 Å². The fourth-order valence-corrected chi connectivity index (χ4v) is 1.63. The Balaban J connectivity index is 2.35. The van der Waals surface area contributed by atoms with Crippen LogP contribution in [0.25, 0.3) is 4.85 Å². The van der Waals surface area contributed by atoms with E-state index in [4.69, 9.17) is 6.57 Å². The number of fused-ring (bicyclic) bond motifs is 1. The largest absolute Gasteiger partial charge is 0.313 e. The number of benzene rings is 1. The maximum atomic E-state index is 6.90. The van der Waals surface area contributed by atoms with Crippen molar-refractivity contribution in [3.05, 3.63) is 46.8 Å². The lowest BCUT2D eigenvalue weighted by Crippen LogP contribution is -1.98. The van der Waals surface area contributed by atoms with Gasteiger partial charge in [-0.1, -0.05) is 24.3 Å². The van der Waals surface area contributed by atoms with Crippen LogP contribution in [0.15, 0.2) is 24.3 Å². The summed E-state index contributed by atoms with van der Waals surface area (Å²) in [6.07, 6.45) is 1.92. The molecule has 0 bridgehead atoms. The first-order valence-electron chi connectivity index (χ1n) is 3.83. The first-order chi connectivity index (χ1) is 5.40. The predicted molar refractivity (Wildman–Crippen MR) is 44.2 cm³/mol. The van der Waals surface area contributed by atoms with E-state index in [0.717, 1.165) is 12.8 Å². The van der Waals surface area contributed by atoms with Gasteiger partial charge in [-0.15, -0.1) is 0 Å². The Morgan fingerprint density at radius 3 is 2.18 bits per heavy atom. The molecule has 0 radical (unpaired) electrons. The highest BCUT2D eigenvalue weighted by Gasteiger charge is 2.24. The molecule has 0 atom stereocenters. The molecule has 1 aromatic rings. The Hall–Kier alpha value is -1.29. The average molecular weight is 143 g/mol. The van der Waals surface area contributed by atoms with Gasteiger partial charge < -0.3 is 4.85 Å². The van der Waals surface area contributed by atoms with E-state index in [0.29, 0.717) is 0 Å². The normalized spacial score (nSPS) is 15.9. The van der Waals surface area contributed by atoms with E-state index in [-0.39, 0.29) is 6.04 Å². The summed E-state index contributed by atoms with van der Waals surface area (Å²) in [5, 5.41) is 0. The van der Waals surface area contributed by atoms with Crippen molar-refractivity contribution in [3.8, 4) is 0 Å². The zero-order valence-corrected chi connectivity index (χ0v) is 6.25. The Kier molecular flexibility index (Phi) is 1.40. The SMILES string of the molecule is [C-]#[N+]C1Cc2ccccc2C1. The highest BCUT2D eigenvalue weighted by Crippen LogP contribution is 2.23. The van der Waals surface area contributed by atoms with Crippen molar-refractivity contribution in [2.45, 2.75) is 18.9 Å². The van der Waals surface area contributed by atoms with Crippen LogP contribution in [-0.4, -0.2) is 6.04 Å². The average Bonchev–Trinajstić information content (AvgIpc) is 2.46. The first kappa shape index (κ1) is 6.42. The van der Waals surface area contributed by atoms with E-state index in [9.17, 15) is 0 Å². The summed E-state index contributed by atoms with van der Waals surface area (Å²) in [4.78, 5) is 3.55. The lowest BCUT2D eigenvalue weighted by Gasteiger charge is -1.91. The van der Waals surface area contributed by atoms with Crippen LogP contribution < -0.4 is 0 Å². The molecule has 1 nitrogen and oxygen atoms in total. The summed E-state index contributed by atoms with van der Waals surface area (Å²) < 4.78 is 0. The maximum Gasteiger partial charge on any atom is 0.231 e. The predicted octanol–water partition coefficient (Wildman–Crippen LogP) is 2.07. The van der Waals surface area contributed by atoms with E-state index >= 15 is 0 Å². The maximum absolute atomic E-state index is 6.90. The molecule has 0 N–H and O–H groups in total. The molecule has 0 heterocycles. The summed E-state index contributed by atoms with van der Waals surface area (Å²) in [6, 6.07) is 8.56. The third-order valence-corrected chi connectivity index (χ3v) is 2.21. The van der Waals surface area contributed by atoms with Crippen LogP contribution in [0, 0.1) is 6.57 Å². The molecule has 0 fully saturated rings. The molecule has 1 aromatic carbocycles. The van der Waals surface area contributed by atoms with Crippen LogP contribution in [0.5, 0.6) is 0 Å². The van der Waals surface area contributed by atoms with E-state index in [1.807, 2.05) is 12.1 Å². The topological polar surface area (TPSA) is 4.36 Å². The van der Waals surface area contributed by atoms with Crippen molar-refractivity contribution >= 4 is 0 Å². The molecule has 2 rings (SSSR count). The summed E-state index contributed by atoms with van der Waals surface area (Å²) in [5.41, 5.74) is 2.74. The number of hydrogen-bond donors (Lipinski definition) is 0. The second-order valence-electron chi connectivity index (χ2n) is 2.96. The fraction of sp³-hybridized carbons (Fsp3) is 0.300. The summed E-state index contributed by atoms with van der Waals surface area (Å²) in [7, 11) is 0. The van der Waals surface area contributed by atoms with Gasteiger partial charge in [0.2, 0.25) is 6.04 Å². The van der Waals surface area contributed by atoms with Crippen molar-refractivity contribution in [2.24, 2.45) is 0 Å². The fourth-order valence-electron chi connectivity index (χ4n) is 1.63. The molecule has 0 aliphatic heterocycles. The lowest BCUT2D eigenvalue weighted by molar-refractivity contribution is 0.830. The minimum absolute atomic E-state index is 0.215. The molecular formula is C10H9N. The molecule has 0 saturated heterocycles. The highest BCUT2D eigenvalue weighted by molar-refractivity contribution is 5.34. The zero-order chi connectivity index (χ0) is 7.68. The second kappa shape index (κ2) is 2.39. The molecule has 1 aliphatic rings. The van der Waals surface area contributed by atoms with Gasteiger partial charge in [-0.25, -0.2) is 6.57 Å². The number of rotatable bonds is 0. The third kappa shape index (κ3) is 1.01. The van der Waals surface area contributed by atoms with Gasteiger partial charge in [-0.05, 0) is 11.1 Å². The lowest BCUT2D eigenvalue weighted by atomic mass is 10.1. The van der Waals surface area contributed by atoms with Crippen LogP contribution in [0.2, 0.25) is 0 Å². The molecule has 0 amide bonds. The Labute approximate surface area is 66.5 Å². The molecule has 0 aromatic heterocycles. The van der Waals surface area contributed by atoms with Gasteiger partial charge >= 0.3 is 0 Å². The van der Waals surface area contributed by atoms with Gasteiger partial charge in [-0.2, -0.15) is 0 Å². The quantitative estimate of drug-likeness (QED) is 0.490. The van der Waals surface area contributed by atoms with Gasteiger partial charge in [-0.3, -0.25) is 0 Å². The highest BCUT2D eigenvalue weighted by atomic mass is 14.7. The Morgan fingerprint density at radius 2 is 1.73 bits per heavy atom. The second-order valence-corrected chi connectivity index (χ2v) is 2.96. The number of hydrogen-bond acceptors (Lipinski definition) is 0.